The average molecular weight is 311 g/mol. The van der Waals surface area contributed by atoms with Crippen LogP contribution in [0, 0.1) is 5.92 Å². The van der Waals surface area contributed by atoms with Crippen LogP contribution in [0.4, 0.5) is 10.9 Å². The molecule has 0 radical (unpaired) electrons. The van der Waals surface area contributed by atoms with Crippen molar-refractivity contribution in [1.82, 2.24) is 15.2 Å². The third-order valence-corrected chi connectivity index (χ3v) is 5.18. The van der Waals surface area contributed by atoms with Gasteiger partial charge in [0.25, 0.3) is 5.91 Å². The summed E-state index contributed by atoms with van der Waals surface area (Å²) in [7, 11) is 0. The number of carbonyl (C=O) groups is 1. The molecule has 0 aromatic carbocycles. The van der Waals surface area contributed by atoms with Gasteiger partial charge in [-0.05, 0) is 6.42 Å². The zero-order chi connectivity index (χ0) is 14.8. The molecule has 2 aliphatic rings. The highest BCUT2D eigenvalue weighted by atomic mass is 32.1. The van der Waals surface area contributed by atoms with E-state index < -0.39 is 0 Å². The molecular weight excluding hydrogens is 290 g/mol. The van der Waals surface area contributed by atoms with Crippen LogP contribution in [0.2, 0.25) is 0 Å². The second-order valence-corrected chi connectivity index (χ2v) is 6.51. The number of hydrogen-bond donors (Lipinski definition) is 3. The SMILES string of the molecule is Nc1nc(N2CCNCC2)sc1C(=O)N1CCC(CO)C1. The number of carbonyl (C=O) groups excluding carboxylic acids is 1. The van der Waals surface area contributed by atoms with Gasteiger partial charge in [0.15, 0.2) is 5.13 Å². The fourth-order valence-corrected chi connectivity index (χ4v) is 3.78. The fraction of sp³-hybridized carbons (Fsp3) is 0.692. The number of nitrogens with one attached hydrogen (secondary N) is 1. The second-order valence-electron chi connectivity index (χ2n) is 5.54. The van der Waals surface area contributed by atoms with E-state index in [1.165, 1.54) is 11.3 Å². The predicted molar refractivity (Wildman–Crippen MR) is 82.7 cm³/mol. The van der Waals surface area contributed by atoms with Gasteiger partial charge in [-0.25, -0.2) is 4.98 Å². The van der Waals surface area contributed by atoms with Gasteiger partial charge < -0.3 is 26.0 Å². The molecule has 3 rings (SSSR count). The summed E-state index contributed by atoms with van der Waals surface area (Å²) in [4.78, 5) is 21.4. The number of rotatable bonds is 3. The third kappa shape index (κ3) is 2.97. The quantitative estimate of drug-likeness (QED) is 0.702. The van der Waals surface area contributed by atoms with Gasteiger partial charge in [0.1, 0.15) is 10.7 Å². The number of nitrogens with two attached hydrogens (primary N) is 1. The van der Waals surface area contributed by atoms with Crippen molar-refractivity contribution < 1.29 is 9.90 Å². The van der Waals surface area contributed by atoms with E-state index in [0.29, 0.717) is 23.8 Å². The number of nitrogen functional groups attached to an aromatic ring is 1. The minimum Gasteiger partial charge on any atom is -0.396 e. The number of thiazole rings is 1. The number of aromatic nitrogens is 1. The van der Waals surface area contributed by atoms with Crippen molar-refractivity contribution in [3.63, 3.8) is 0 Å². The van der Waals surface area contributed by atoms with Crippen molar-refractivity contribution >= 4 is 28.2 Å². The molecule has 0 saturated carbocycles. The lowest BCUT2D eigenvalue weighted by Gasteiger charge is -2.26. The lowest BCUT2D eigenvalue weighted by Crippen LogP contribution is -2.43. The molecule has 0 bridgehead atoms. The Kier molecular flexibility index (Phi) is 4.27. The Morgan fingerprint density at radius 1 is 1.43 bits per heavy atom. The summed E-state index contributed by atoms with van der Waals surface area (Å²) < 4.78 is 0. The molecular formula is C13H21N5O2S. The second kappa shape index (κ2) is 6.17. The first-order valence-corrected chi connectivity index (χ1v) is 8.12. The predicted octanol–water partition coefficient (Wildman–Crippen LogP) is -0.411. The van der Waals surface area contributed by atoms with E-state index in [-0.39, 0.29) is 18.4 Å². The van der Waals surface area contributed by atoms with Crippen LogP contribution in [0.1, 0.15) is 16.1 Å². The summed E-state index contributed by atoms with van der Waals surface area (Å²) in [6, 6.07) is 0. The Labute approximate surface area is 127 Å². The van der Waals surface area contributed by atoms with Crippen LogP contribution in [0.25, 0.3) is 0 Å². The monoisotopic (exact) mass is 311 g/mol. The molecule has 21 heavy (non-hydrogen) atoms. The standard InChI is InChI=1S/C13H21N5O2S/c14-11-10(12(20)18-4-1-9(7-18)8-19)21-13(16-11)17-5-2-15-3-6-17/h9,15,19H,1-8,14H2. The zero-order valence-corrected chi connectivity index (χ0v) is 12.7. The molecule has 7 nitrogen and oxygen atoms in total. The lowest BCUT2D eigenvalue weighted by molar-refractivity contribution is 0.0787. The molecule has 3 heterocycles. The molecule has 1 aromatic heterocycles. The van der Waals surface area contributed by atoms with Gasteiger partial charge in [0.2, 0.25) is 0 Å². The summed E-state index contributed by atoms with van der Waals surface area (Å²) in [5.74, 6) is 0.462. The lowest BCUT2D eigenvalue weighted by atomic mass is 10.1. The van der Waals surface area contributed by atoms with E-state index in [4.69, 9.17) is 5.73 Å². The van der Waals surface area contributed by atoms with Crippen LogP contribution in [-0.4, -0.2) is 66.8 Å². The normalized spacial score (nSPS) is 22.8. The fourth-order valence-electron chi connectivity index (χ4n) is 2.77. The van der Waals surface area contributed by atoms with Gasteiger partial charge >= 0.3 is 0 Å². The third-order valence-electron chi connectivity index (χ3n) is 4.06. The molecule has 2 aliphatic heterocycles. The van der Waals surface area contributed by atoms with E-state index in [1.807, 2.05) is 0 Å². The summed E-state index contributed by atoms with van der Waals surface area (Å²) in [6.45, 7) is 5.04. The maximum absolute atomic E-state index is 12.5. The molecule has 116 valence electrons. The summed E-state index contributed by atoms with van der Waals surface area (Å²) in [5.41, 5.74) is 5.94. The van der Waals surface area contributed by atoms with Crippen LogP contribution < -0.4 is 16.0 Å². The number of piperazine rings is 1. The first-order chi connectivity index (χ1) is 10.2. The van der Waals surface area contributed by atoms with Crippen LogP contribution in [0.5, 0.6) is 0 Å². The van der Waals surface area contributed by atoms with Gasteiger partial charge in [0, 0.05) is 51.8 Å². The molecule has 2 saturated heterocycles. The number of nitrogens with zero attached hydrogens (tertiary/aromatic N) is 3. The van der Waals surface area contributed by atoms with Crippen LogP contribution >= 0.6 is 11.3 Å². The van der Waals surface area contributed by atoms with Crippen LogP contribution in [-0.2, 0) is 0 Å². The molecule has 1 aromatic rings. The van der Waals surface area contributed by atoms with Crippen molar-refractivity contribution in [3.05, 3.63) is 4.88 Å². The Morgan fingerprint density at radius 2 is 2.19 bits per heavy atom. The largest absolute Gasteiger partial charge is 0.396 e. The van der Waals surface area contributed by atoms with Crippen LogP contribution in [0.15, 0.2) is 0 Å². The molecule has 0 spiro atoms. The highest BCUT2D eigenvalue weighted by molar-refractivity contribution is 7.18. The Hall–Kier alpha value is -1.38. The first-order valence-electron chi connectivity index (χ1n) is 7.31. The number of aliphatic hydroxyl groups excluding tert-OH is 1. The first kappa shape index (κ1) is 14.6. The summed E-state index contributed by atoms with van der Waals surface area (Å²) in [6.07, 6.45) is 0.853. The highest BCUT2D eigenvalue weighted by Gasteiger charge is 2.30. The average Bonchev–Trinajstić information content (AvgIpc) is 3.14. The molecule has 1 amide bonds. The highest BCUT2D eigenvalue weighted by Crippen LogP contribution is 2.30. The van der Waals surface area contributed by atoms with E-state index >= 15 is 0 Å². The number of anilines is 2. The minimum absolute atomic E-state index is 0.0534. The maximum Gasteiger partial charge on any atom is 0.267 e. The maximum atomic E-state index is 12.5. The number of likely N-dealkylation sites (tertiary alicyclic amines) is 1. The summed E-state index contributed by atoms with van der Waals surface area (Å²) >= 11 is 1.38. The van der Waals surface area contributed by atoms with E-state index in [1.54, 1.807) is 4.90 Å². The van der Waals surface area contributed by atoms with E-state index in [2.05, 4.69) is 15.2 Å². The number of hydrogen-bond acceptors (Lipinski definition) is 7. The summed E-state index contributed by atoms with van der Waals surface area (Å²) in [5, 5.41) is 13.3. The number of amides is 1. The topological polar surface area (TPSA) is 94.7 Å². The van der Waals surface area contributed by atoms with Gasteiger partial charge in [-0.1, -0.05) is 11.3 Å². The van der Waals surface area contributed by atoms with Gasteiger partial charge in [-0.2, -0.15) is 0 Å². The minimum atomic E-state index is -0.0534. The Bertz CT molecular complexity index is 515. The molecule has 1 atom stereocenters. The zero-order valence-electron chi connectivity index (χ0n) is 11.9. The molecule has 8 heteroatoms. The molecule has 2 fully saturated rings. The van der Waals surface area contributed by atoms with Crippen molar-refractivity contribution in [2.75, 3.05) is 56.5 Å². The van der Waals surface area contributed by atoms with Crippen molar-refractivity contribution in [1.29, 1.82) is 0 Å². The van der Waals surface area contributed by atoms with Gasteiger partial charge in [-0.3, -0.25) is 4.79 Å². The number of aliphatic hydroxyl groups is 1. The van der Waals surface area contributed by atoms with E-state index in [9.17, 15) is 9.90 Å². The molecule has 1 unspecified atom stereocenters. The molecule has 0 aliphatic carbocycles. The van der Waals surface area contributed by atoms with Crippen LogP contribution in [0.3, 0.4) is 0 Å². The van der Waals surface area contributed by atoms with Crippen molar-refractivity contribution in [2.24, 2.45) is 5.92 Å². The molecule has 4 N–H and O–H groups in total. The van der Waals surface area contributed by atoms with Gasteiger partial charge in [-0.15, -0.1) is 0 Å². The smallest absolute Gasteiger partial charge is 0.267 e. The van der Waals surface area contributed by atoms with E-state index in [0.717, 1.165) is 37.7 Å². The van der Waals surface area contributed by atoms with Crippen molar-refractivity contribution in [2.45, 2.75) is 6.42 Å². The Balaban J connectivity index is 1.73. The Morgan fingerprint density at radius 3 is 2.86 bits per heavy atom. The van der Waals surface area contributed by atoms with Crippen molar-refractivity contribution in [3.8, 4) is 0 Å². The van der Waals surface area contributed by atoms with Gasteiger partial charge in [0.05, 0.1) is 0 Å².